The predicted molar refractivity (Wildman–Crippen MR) is 112 cm³/mol. The molecule has 0 saturated heterocycles. The van der Waals surface area contributed by atoms with Gasteiger partial charge in [0.05, 0.1) is 0 Å². The van der Waals surface area contributed by atoms with Gasteiger partial charge < -0.3 is 19.7 Å². The SMILES string of the molecule is O=C(O)c1cc(OCc2cnc(-c3cccc(OC4CCCCC4)n3)nc2)ccc1O. The van der Waals surface area contributed by atoms with E-state index in [2.05, 4.69) is 15.0 Å². The van der Waals surface area contributed by atoms with Gasteiger partial charge in [0.2, 0.25) is 5.88 Å². The minimum absolute atomic E-state index is 0.155. The first-order valence-corrected chi connectivity index (χ1v) is 10.2. The van der Waals surface area contributed by atoms with E-state index in [0.717, 1.165) is 12.8 Å². The second-order valence-corrected chi connectivity index (χ2v) is 7.43. The van der Waals surface area contributed by atoms with Gasteiger partial charge in [-0.05, 0) is 49.9 Å². The molecule has 2 aromatic heterocycles. The fourth-order valence-corrected chi connectivity index (χ4v) is 3.46. The molecule has 0 aliphatic heterocycles. The molecule has 0 bridgehead atoms. The van der Waals surface area contributed by atoms with Crippen molar-refractivity contribution in [3.63, 3.8) is 0 Å². The Morgan fingerprint density at radius 1 is 1.06 bits per heavy atom. The zero-order valence-corrected chi connectivity index (χ0v) is 16.9. The molecule has 0 amide bonds. The highest BCUT2D eigenvalue weighted by molar-refractivity contribution is 5.91. The van der Waals surface area contributed by atoms with Gasteiger partial charge in [-0.15, -0.1) is 0 Å². The molecule has 160 valence electrons. The van der Waals surface area contributed by atoms with Gasteiger partial charge in [0, 0.05) is 24.0 Å². The Morgan fingerprint density at radius 2 is 1.84 bits per heavy atom. The van der Waals surface area contributed by atoms with Gasteiger partial charge in [-0.3, -0.25) is 0 Å². The molecule has 1 saturated carbocycles. The van der Waals surface area contributed by atoms with Crippen LogP contribution in [0, 0.1) is 0 Å². The van der Waals surface area contributed by atoms with Crippen molar-refractivity contribution in [3.05, 3.63) is 59.9 Å². The summed E-state index contributed by atoms with van der Waals surface area (Å²) in [6, 6.07) is 9.62. The monoisotopic (exact) mass is 421 g/mol. The maximum absolute atomic E-state index is 11.1. The van der Waals surface area contributed by atoms with Gasteiger partial charge in [-0.25, -0.2) is 19.7 Å². The number of pyridine rings is 1. The zero-order valence-electron chi connectivity index (χ0n) is 16.9. The Labute approximate surface area is 179 Å². The van der Waals surface area contributed by atoms with Crippen LogP contribution in [0.5, 0.6) is 17.4 Å². The Bertz CT molecular complexity index is 1050. The summed E-state index contributed by atoms with van der Waals surface area (Å²) < 4.78 is 11.6. The van der Waals surface area contributed by atoms with Gasteiger partial charge in [-0.2, -0.15) is 0 Å². The number of ether oxygens (including phenoxy) is 2. The van der Waals surface area contributed by atoms with Gasteiger partial charge in [0.1, 0.15) is 35.5 Å². The summed E-state index contributed by atoms with van der Waals surface area (Å²) in [4.78, 5) is 24.4. The molecule has 0 spiro atoms. The van der Waals surface area contributed by atoms with E-state index in [4.69, 9.17) is 14.6 Å². The fourth-order valence-electron chi connectivity index (χ4n) is 3.46. The summed E-state index contributed by atoms with van der Waals surface area (Å²) in [6.45, 7) is 0.155. The van der Waals surface area contributed by atoms with Crippen LogP contribution in [0.1, 0.15) is 48.0 Å². The van der Waals surface area contributed by atoms with Crippen molar-refractivity contribution in [3.8, 4) is 28.9 Å². The molecule has 0 atom stereocenters. The van der Waals surface area contributed by atoms with Crippen molar-refractivity contribution in [1.29, 1.82) is 0 Å². The molecule has 3 aromatic rings. The first kappa shape index (κ1) is 20.6. The molecule has 1 aliphatic rings. The molecule has 31 heavy (non-hydrogen) atoms. The van der Waals surface area contributed by atoms with Crippen LogP contribution in [-0.2, 0) is 6.61 Å². The van der Waals surface area contributed by atoms with Crippen LogP contribution in [-0.4, -0.2) is 37.2 Å². The van der Waals surface area contributed by atoms with E-state index in [0.29, 0.717) is 28.7 Å². The smallest absolute Gasteiger partial charge is 0.339 e. The molecule has 8 heteroatoms. The van der Waals surface area contributed by atoms with Crippen LogP contribution in [0.15, 0.2) is 48.8 Å². The number of phenols is 1. The van der Waals surface area contributed by atoms with E-state index >= 15 is 0 Å². The average molecular weight is 421 g/mol. The minimum Gasteiger partial charge on any atom is -0.507 e. The molecule has 2 heterocycles. The Kier molecular flexibility index (Phi) is 6.26. The number of aromatic hydroxyl groups is 1. The predicted octanol–water partition coefficient (Wildman–Crippen LogP) is 4.23. The first-order valence-electron chi connectivity index (χ1n) is 10.2. The van der Waals surface area contributed by atoms with E-state index in [-0.39, 0.29) is 24.0 Å². The fraction of sp³-hybridized carbons (Fsp3) is 0.304. The summed E-state index contributed by atoms with van der Waals surface area (Å²) in [6.07, 6.45) is 9.27. The van der Waals surface area contributed by atoms with Crippen LogP contribution in [0.25, 0.3) is 11.5 Å². The van der Waals surface area contributed by atoms with Crippen LogP contribution in [0.3, 0.4) is 0 Å². The first-order chi connectivity index (χ1) is 15.1. The number of hydrogen-bond acceptors (Lipinski definition) is 7. The topological polar surface area (TPSA) is 115 Å². The standard InChI is InChI=1S/C23H23N3O5/c27-20-10-9-17(11-18(20)23(28)29)30-14-15-12-24-22(25-13-15)19-7-4-8-21(26-19)31-16-5-2-1-3-6-16/h4,7-13,16,27H,1-3,5-6,14H2,(H,28,29). The summed E-state index contributed by atoms with van der Waals surface area (Å²) >= 11 is 0. The maximum Gasteiger partial charge on any atom is 0.339 e. The molecular weight excluding hydrogens is 398 g/mol. The van der Waals surface area contributed by atoms with E-state index in [1.807, 2.05) is 18.2 Å². The molecule has 4 rings (SSSR count). The van der Waals surface area contributed by atoms with E-state index in [9.17, 15) is 9.90 Å². The van der Waals surface area contributed by atoms with E-state index < -0.39 is 5.97 Å². The molecule has 1 aromatic carbocycles. The van der Waals surface area contributed by atoms with Crippen LogP contribution >= 0.6 is 0 Å². The molecular formula is C23H23N3O5. The number of carboxylic acid groups (broad SMARTS) is 1. The third-order valence-corrected chi connectivity index (χ3v) is 5.10. The lowest BCUT2D eigenvalue weighted by Crippen LogP contribution is -2.20. The lowest BCUT2D eigenvalue weighted by Gasteiger charge is -2.22. The van der Waals surface area contributed by atoms with Crippen molar-refractivity contribution in [2.45, 2.75) is 44.8 Å². The largest absolute Gasteiger partial charge is 0.507 e. The average Bonchev–Trinajstić information content (AvgIpc) is 2.79. The van der Waals surface area contributed by atoms with Crippen LogP contribution < -0.4 is 9.47 Å². The molecule has 0 radical (unpaired) electrons. The number of rotatable bonds is 7. The Balaban J connectivity index is 1.40. The normalized spacial score (nSPS) is 14.2. The third kappa shape index (κ3) is 5.28. The lowest BCUT2D eigenvalue weighted by atomic mass is 9.98. The number of benzene rings is 1. The van der Waals surface area contributed by atoms with Gasteiger partial charge >= 0.3 is 5.97 Å². The summed E-state index contributed by atoms with van der Waals surface area (Å²) in [7, 11) is 0. The summed E-state index contributed by atoms with van der Waals surface area (Å²) in [5.74, 6) is -0.140. The quantitative estimate of drug-likeness (QED) is 0.582. The Morgan fingerprint density at radius 3 is 2.58 bits per heavy atom. The number of hydrogen-bond donors (Lipinski definition) is 2. The molecule has 1 fully saturated rings. The van der Waals surface area contributed by atoms with Gasteiger partial charge in [0.25, 0.3) is 0 Å². The summed E-state index contributed by atoms with van der Waals surface area (Å²) in [5.41, 5.74) is 1.12. The van der Waals surface area contributed by atoms with E-state index in [1.165, 1.54) is 37.5 Å². The number of aromatic carboxylic acids is 1. The second kappa shape index (κ2) is 9.42. The van der Waals surface area contributed by atoms with Crippen LogP contribution in [0.4, 0.5) is 0 Å². The number of carboxylic acids is 1. The van der Waals surface area contributed by atoms with Gasteiger partial charge in [0.15, 0.2) is 5.82 Å². The van der Waals surface area contributed by atoms with Crippen molar-refractivity contribution in [2.24, 2.45) is 0 Å². The third-order valence-electron chi connectivity index (χ3n) is 5.10. The lowest BCUT2D eigenvalue weighted by molar-refractivity contribution is 0.0693. The highest BCUT2D eigenvalue weighted by Gasteiger charge is 2.16. The van der Waals surface area contributed by atoms with Crippen molar-refractivity contribution >= 4 is 5.97 Å². The van der Waals surface area contributed by atoms with Crippen molar-refractivity contribution in [2.75, 3.05) is 0 Å². The highest BCUT2D eigenvalue weighted by atomic mass is 16.5. The summed E-state index contributed by atoms with van der Waals surface area (Å²) in [5, 5.41) is 18.6. The zero-order chi connectivity index (χ0) is 21.6. The molecule has 1 aliphatic carbocycles. The minimum atomic E-state index is -1.22. The Hall–Kier alpha value is -3.68. The number of aromatic nitrogens is 3. The second-order valence-electron chi connectivity index (χ2n) is 7.43. The molecule has 8 nitrogen and oxygen atoms in total. The highest BCUT2D eigenvalue weighted by Crippen LogP contribution is 2.25. The molecule has 0 unspecified atom stereocenters. The number of carbonyl (C=O) groups is 1. The van der Waals surface area contributed by atoms with Gasteiger partial charge in [-0.1, -0.05) is 12.5 Å². The molecule has 2 N–H and O–H groups in total. The van der Waals surface area contributed by atoms with Crippen molar-refractivity contribution < 1.29 is 24.5 Å². The maximum atomic E-state index is 11.1. The number of nitrogens with zero attached hydrogens (tertiary/aromatic N) is 3. The van der Waals surface area contributed by atoms with Crippen LogP contribution in [0.2, 0.25) is 0 Å². The van der Waals surface area contributed by atoms with Crippen molar-refractivity contribution in [1.82, 2.24) is 15.0 Å². The van der Waals surface area contributed by atoms with E-state index in [1.54, 1.807) is 12.4 Å².